The zero-order chi connectivity index (χ0) is 53.6. The molecule has 0 aliphatic rings. The number of unbranched alkanes of at least 4 members (excludes halogenated alkanes) is 22. The van der Waals surface area contributed by atoms with Gasteiger partial charge in [0.1, 0.15) is 19.3 Å². The van der Waals surface area contributed by atoms with Gasteiger partial charge in [-0.25, -0.2) is 0 Å². The summed E-state index contributed by atoms with van der Waals surface area (Å²) >= 11 is 0. The quantitative estimate of drug-likeness (QED) is 0.0212. The van der Waals surface area contributed by atoms with Gasteiger partial charge in [-0.3, -0.25) is 14.2 Å². The number of allylic oxidation sites excluding steroid dienone is 15. The molecule has 1 amide bonds. The average Bonchev–Trinajstić information content (AvgIpc) is 3.35. The molecule has 0 aliphatic carbocycles. The Balaban J connectivity index is 5.50. The highest BCUT2D eigenvalue weighted by Gasteiger charge is 2.27. The number of hydrogen-bond donors (Lipinski definition) is 1. The Morgan fingerprint density at radius 2 is 0.849 bits per heavy atom. The third kappa shape index (κ3) is 53.6. The van der Waals surface area contributed by atoms with E-state index in [2.05, 4.69) is 111 Å². The molecule has 420 valence electrons. The van der Waals surface area contributed by atoms with Crippen LogP contribution in [-0.4, -0.2) is 69.4 Å². The van der Waals surface area contributed by atoms with E-state index in [1.165, 1.54) is 109 Å². The first kappa shape index (κ1) is 69.9. The van der Waals surface area contributed by atoms with Gasteiger partial charge in [0.15, 0.2) is 0 Å². The average molecular weight is 1040 g/mol. The first-order valence-corrected chi connectivity index (χ1v) is 31.0. The molecular weight excluding hydrogens is 928 g/mol. The summed E-state index contributed by atoms with van der Waals surface area (Å²) in [6, 6.07) is -0.931. The number of rotatable bonds is 52. The molecule has 0 heterocycles. The molecule has 0 radical (unpaired) electrons. The molecule has 0 aliphatic heterocycles. The summed E-state index contributed by atoms with van der Waals surface area (Å²) in [6.45, 7) is 6.71. The Morgan fingerprint density at radius 3 is 1.30 bits per heavy atom. The van der Waals surface area contributed by atoms with Crippen molar-refractivity contribution in [2.75, 3.05) is 40.9 Å². The molecule has 0 aromatic carbocycles. The van der Waals surface area contributed by atoms with Gasteiger partial charge in [-0.05, 0) is 109 Å². The molecule has 73 heavy (non-hydrogen) atoms. The molecule has 0 saturated heterocycles. The number of phosphoric ester groups is 1. The fraction of sp³-hybridized carbons (Fsp3) is 0.714. The highest BCUT2D eigenvalue weighted by atomic mass is 31.2. The fourth-order valence-corrected chi connectivity index (χ4v) is 8.60. The molecule has 1 N–H and O–H groups in total. The molecule has 0 fully saturated rings. The lowest BCUT2D eigenvalue weighted by Crippen LogP contribution is -2.47. The van der Waals surface area contributed by atoms with Crippen LogP contribution in [0.1, 0.15) is 239 Å². The van der Waals surface area contributed by atoms with Gasteiger partial charge >= 0.3 is 5.97 Å². The van der Waals surface area contributed by atoms with Gasteiger partial charge in [0.25, 0.3) is 7.82 Å². The van der Waals surface area contributed by atoms with Crippen molar-refractivity contribution in [1.29, 1.82) is 0 Å². The molecule has 0 spiro atoms. The summed E-state index contributed by atoms with van der Waals surface area (Å²) in [4.78, 5) is 39.9. The first-order valence-electron chi connectivity index (χ1n) is 29.5. The molecule has 3 unspecified atom stereocenters. The minimum absolute atomic E-state index is 0.0406. The maximum Gasteiger partial charge on any atom is 0.306 e. The van der Waals surface area contributed by atoms with Crippen molar-refractivity contribution in [2.45, 2.75) is 251 Å². The summed E-state index contributed by atoms with van der Waals surface area (Å²) in [5, 5.41) is 2.98. The number of hydrogen-bond acceptors (Lipinski definition) is 7. The number of carbonyl (C=O) groups is 2. The third-order valence-corrected chi connectivity index (χ3v) is 13.5. The molecule has 0 saturated carbocycles. The van der Waals surface area contributed by atoms with Crippen LogP contribution in [0.5, 0.6) is 0 Å². The van der Waals surface area contributed by atoms with Crippen molar-refractivity contribution < 1.29 is 37.3 Å². The van der Waals surface area contributed by atoms with E-state index in [-0.39, 0.29) is 31.3 Å². The zero-order valence-electron chi connectivity index (χ0n) is 47.8. The summed E-state index contributed by atoms with van der Waals surface area (Å²) < 4.78 is 30.2. The van der Waals surface area contributed by atoms with Crippen molar-refractivity contribution in [3.05, 3.63) is 97.2 Å². The number of esters is 1. The Labute approximate surface area is 449 Å². The SMILES string of the molecule is CCCCC/C=C\C/C=C\C/C=C\C/C=C\CCCC(=O)NC(COP(=O)([O-])OCC[N+](C)(C)C)C(/C=C/CCCCCCCCCCCCC)OC(=O)CCCCCC/C=C\C/C=C\C/C=C\CCCCC. The van der Waals surface area contributed by atoms with Crippen LogP contribution in [0.3, 0.4) is 0 Å². The van der Waals surface area contributed by atoms with Crippen LogP contribution in [0.4, 0.5) is 0 Å². The summed E-state index contributed by atoms with van der Waals surface area (Å²) in [6.07, 6.45) is 69.5. The summed E-state index contributed by atoms with van der Waals surface area (Å²) in [5.41, 5.74) is 0. The number of nitrogens with zero attached hydrogens (tertiary/aromatic N) is 1. The number of nitrogens with one attached hydrogen (secondary N) is 1. The second-order valence-corrected chi connectivity index (χ2v) is 22.2. The minimum Gasteiger partial charge on any atom is -0.756 e. The Bertz CT molecular complexity index is 1570. The lowest BCUT2D eigenvalue weighted by Gasteiger charge is -2.30. The van der Waals surface area contributed by atoms with Gasteiger partial charge in [-0.15, -0.1) is 0 Å². The maximum atomic E-state index is 13.5. The van der Waals surface area contributed by atoms with Gasteiger partial charge in [0, 0.05) is 12.8 Å². The van der Waals surface area contributed by atoms with E-state index in [4.69, 9.17) is 13.8 Å². The molecule has 0 aromatic heterocycles. The second kappa shape index (κ2) is 52.4. The van der Waals surface area contributed by atoms with Gasteiger partial charge in [0.2, 0.25) is 5.91 Å². The van der Waals surface area contributed by atoms with E-state index in [1.54, 1.807) is 0 Å². The van der Waals surface area contributed by atoms with Crippen LogP contribution < -0.4 is 10.2 Å². The Kier molecular flexibility index (Phi) is 50.2. The number of amides is 1. The molecule has 0 bridgehead atoms. The smallest absolute Gasteiger partial charge is 0.306 e. The van der Waals surface area contributed by atoms with Crippen LogP contribution in [0.25, 0.3) is 0 Å². The molecular formula is C63H111N2O7P. The lowest BCUT2D eigenvalue weighted by atomic mass is 10.0. The number of quaternary nitrogens is 1. The molecule has 10 heteroatoms. The van der Waals surface area contributed by atoms with Gasteiger partial charge < -0.3 is 28.5 Å². The maximum absolute atomic E-state index is 13.5. The van der Waals surface area contributed by atoms with E-state index in [9.17, 15) is 19.0 Å². The monoisotopic (exact) mass is 1040 g/mol. The van der Waals surface area contributed by atoms with Gasteiger partial charge in [0.05, 0.1) is 33.8 Å². The highest BCUT2D eigenvalue weighted by Crippen LogP contribution is 2.38. The highest BCUT2D eigenvalue weighted by molar-refractivity contribution is 7.45. The largest absolute Gasteiger partial charge is 0.756 e. The molecule has 9 nitrogen and oxygen atoms in total. The van der Waals surface area contributed by atoms with Crippen molar-refractivity contribution in [3.63, 3.8) is 0 Å². The van der Waals surface area contributed by atoms with Crippen LogP contribution in [0, 0.1) is 0 Å². The van der Waals surface area contributed by atoms with Crippen LogP contribution in [-0.2, 0) is 27.9 Å². The summed E-state index contributed by atoms with van der Waals surface area (Å²) in [7, 11) is 1.13. The van der Waals surface area contributed by atoms with E-state index >= 15 is 0 Å². The molecule has 0 rings (SSSR count). The van der Waals surface area contributed by atoms with Crippen LogP contribution >= 0.6 is 7.82 Å². The van der Waals surface area contributed by atoms with Crippen molar-refractivity contribution in [2.24, 2.45) is 0 Å². The van der Waals surface area contributed by atoms with Crippen molar-refractivity contribution >= 4 is 19.7 Å². The van der Waals surface area contributed by atoms with Gasteiger partial charge in [-0.1, -0.05) is 215 Å². The van der Waals surface area contributed by atoms with E-state index in [0.717, 1.165) is 83.5 Å². The predicted molar refractivity (Wildman–Crippen MR) is 311 cm³/mol. The van der Waals surface area contributed by atoms with Crippen LogP contribution in [0.15, 0.2) is 97.2 Å². The Hall–Kier alpha value is -3.07. The number of carbonyl (C=O) groups excluding carboxylic acids is 2. The van der Waals surface area contributed by atoms with E-state index < -0.39 is 26.6 Å². The number of ether oxygens (including phenoxy) is 1. The van der Waals surface area contributed by atoms with E-state index in [0.29, 0.717) is 23.9 Å². The molecule has 0 aromatic rings. The summed E-state index contributed by atoms with van der Waals surface area (Å²) in [5.74, 6) is -0.637. The molecule has 3 atom stereocenters. The topological polar surface area (TPSA) is 114 Å². The number of likely N-dealkylation sites (N-methyl/N-ethyl adjacent to an activating group) is 1. The van der Waals surface area contributed by atoms with Crippen molar-refractivity contribution in [1.82, 2.24) is 5.32 Å². The zero-order valence-corrected chi connectivity index (χ0v) is 48.7. The van der Waals surface area contributed by atoms with Crippen LogP contribution in [0.2, 0.25) is 0 Å². The lowest BCUT2D eigenvalue weighted by molar-refractivity contribution is -0.870. The third-order valence-electron chi connectivity index (χ3n) is 12.5. The predicted octanol–water partition coefficient (Wildman–Crippen LogP) is 17.4. The van der Waals surface area contributed by atoms with Crippen molar-refractivity contribution in [3.8, 4) is 0 Å². The Morgan fingerprint density at radius 1 is 0.479 bits per heavy atom. The van der Waals surface area contributed by atoms with E-state index in [1.807, 2.05) is 33.3 Å². The standard InChI is InChI=1S/C63H111N2O7P/c1-7-10-13-16-19-22-25-28-30-32-34-37-40-43-46-49-52-55-62(66)64-60(59-71-73(68,69)70-58-57-65(4,5)6)61(54-51-48-45-42-39-36-27-24-21-18-15-12-9-3)72-63(67)56-53-50-47-44-41-38-35-33-31-29-26-23-20-17-14-11-8-2/h19-20,22-23,28-31,34-35,37-38,43,46,51,54,60-61H,7-18,21,24-27,32-33,36,39-42,44-45,47-50,52-53,55-59H2,1-6H3,(H-,64,66,68,69)/b22-19-,23-20-,30-28-,31-29-,37-34-,38-35-,46-43-,54-51+. The fourth-order valence-electron chi connectivity index (χ4n) is 7.87. The van der Waals surface area contributed by atoms with Gasteiger partial charge in [-0.2, -0.15) is 0 Å². The minimum atomic E-state index is -4.72. The second-order valence-electron chi connectivity index (χ2n) is 20.8. The first-order chi connectivity index (χ1) is 35.4. The number of phosphoric acid groups is 1. The normalized spacial score (nSPS) is 14.5.